The molecule has 1 amide bonds. The first-order valence-corrected chi connectivity index (χ1v) is 6.26. The molecule has 2 unspecified atom stereocenters. The second-order valence-corrected chi connectivity index (χ2v) is 5.35. The van der Waals surface area contributed by atoms with Crippen LogP contribution in [0.4, 0.5) is 0 Å². The number of likely N-dealkylation sites (tertiary alicyclic amines) is 1. The van der Waals surface area contributed by atoms with Crippen molar-refractivity contribution in [3.63, 3.8) is 0 Å². The molecule has 0 bridgehead atoms. The molecule has 100 valence electrons. The van der Waals surface area contributed by atoms with E-state index in [0.717, 1.165) is 24.5 Å². The van der Waals surface area contributed by atoms with Crippen molar-refractivity contribution in [3.05, 3.63) is 23.7 Å². The molecule has 1 aromatic rings. The van der Waals surface area contributed by atoms with E-state index in [1.165, 1.54) is 0 Å². The highest BCUT2D eigenvalue weighted by Gasteiger charge is 2.41. The van der Waals surface area contributed by atoms with E-state index in [1.54, 1.807) is 0 Å². The molecule has 0 saturated carbocycles. The van der Waals surface area contributed by atoms with Crippen LogP contribution in [0, 0.1) is 12.3 Å². The highest BCUT2D eigenvalue weighted by Crippen LogP contribution is 2.35. The van der Waals surface area contributed by atoms with Crippen LogP contribution in [0.25, 0.3) is 0 Å². The number of carbonyl (C=O) groups excluding carboxylic acids is 1. The number of nitrogens with two attached hydrogens (primary N) is 2. The fourth-order valence-corrected chi connectivity index (χ4v) is 2.54. The summed E-state index contributed by atoms with van der Waals surface area (Å²) in [4.78, 5) is 13.6. The first kappa shape index (κ1) is 13.1. The van der Waals surface area contributed by atoms with Gasteiger partial charge in [0.15, 0.2) is 0 Å². The Hall–Kier alpha value is -1.33. The Kier molecular flexibility index (Phi) is 3.45. The first-order valence-electron chi connectivity index (χ1n) is 6.26. The van der Waals surface area contributed by atoms with Crippen LogP contribution in [-0.2, 0) is 4.79 Å². The normalized spacial score (nSPS) is 26.4. The molecular formula is C13H21N3O2. The van der Waals surface area contributed by atoms with E-state index in [1.807, 2.05) is 26.0 Å². The van der Waals surface area contributed by atoms with Crippen LogP contribution in [0.3, 0.4) is 0 Å². The highest BCUT2D eigenvalue weighted by atomic mass is 16.3. The summed E-state index contributed by atoms with van der Waals surface area (Å²) in [7, 11) is 0. The number of carbonyl (C=O) groups is 1. The Labute approximate surface area is 107 Å². The topological polar surface area (TPSA) is 85.5 Å². The number of rotatable bonds is 4. The fourth-order valence-electron chi connectivity index (χ4n) is 2.54. The summed E-state index contributed by atoms with van der Waals surface area (Å²) in [6.07, 6.45) is 0.776. The lowest BCUT2D eigenvalue weighted by molar-refractivity contribution is -0.126. The van der Waals surface area contributed by atoms with Gasteiger partial charge in [-0.1, -0.05) is 0 Å². The van der Waals surface area contributed by atoms with Crippen LogP contribution in [-0.4, -0.2) is 30.4 Å². The van der Waals surface area contributed by atoms with E-state index in [4.69, 9.17) is 15.9 Å². The molecule has 18 heavy (non-hydrogen) atoms. The van der Waals surface area contributed by atoms with Gasteiger partial charge in [0, 0.05) is 19.6 Å². The average Bonchev–Trinajstić information content (AvgIpc) is 2.89. The van der Waals surface area contributed by atoms with Gasteiger partial charge in [-0.15, -0.1) is 0 Å². The van der Waals surface area contributed by atoms with Crippen LogP contribution >= 0.6 is 0 Å². The average molecular weight is 251 g/mol. The molecule has 2 heterocycles. The van der Waals surface area contributed by atoms with Gasteiger partial charge in [0.25, 0.3) is 0 Å². The van der Waals surface area contributed by atoms with E-state index < -0.39 is 5.41 Å². The third-order valence-corrected chi connectivity index (χ3v) is 3.85. The van der Waals surface area contributed by atoms with Gasteiger partial charge in [-0.05, 0) is 32.4 Å². The van der Waals surface area contributed by atoms with Gasteiger partial charge < -0.3 is 15.9 Å². The Morgan fingerprint density at radius 2 is 2.33 bits per heavy atom. The molecular weight excluding hydrogens is 230 g/mol. The summed E-state index contributed by atoms with van der Waals surface area (Å²) in [6.45, 7) is 5.76. The zero-order valence-electron chi connectivity index (χ0n) is 11.0. The molecule has 4 N–H and O–H groups in total. The SMILES string of the molecule is Cc1ccc(C(CN)N2CCC(C)(C(N)=O)C2)o1. The second kappa shape index (κ2) is 4.74. The molecule has 1 aliphatic rings. The molecule has 1 saturated heterocycles. The summed E-state index contributed by atoms with van der Waals surface area (Å²) in [5, 5.41) is 0. The monoisotopic (exact) mass is 251 g/mol. The Bertz CT molecular complexity index is 443. The lowest BCUT2D eigenvalue weighted by atomic mass is 9.89. The maximum Gasteiger partial charge on any atom is 0.224 e. The first-order chi connectivity index (χ1) is 8.46. The minimum atomic E-state index is -0.449. The summed E-state index contributed by atoms with van der Waals surface area (Å²) >= 11 is 0. The molecule has 0 radical (unpaired) electrons. The molecule has 0 aliphatic carbocycles. The van der Waals surface area contributed by atoms with Gasteiger partial charge in [0.05, 0.1) is 11.5 Å². The third kappa shape index (κ3) is 2.28. The molecule has 1 fully saturated rings. The lowest BCUT2D eigenvalue weighted by Gasteiger charge is -2.26. The van der Waals surface area contributed by atoms with Gasteiger partial charge in [-0.2, -0.15) is 0 Å². The summed E-state index contributed by atoms with van der Waals surface area (Å²) in [5.41, 5.74) is 10.8. The predicted molar refractivity (Wildman–Crippen MR) is 68.7 cm³/mol. The van der Waals surface area contributed by atoms with E-state index in [-0.39, 0.29) is 11.9 Å². The highest BCUT2D eigenvalue weighted by molar-refractivity contribution is 5.81. The molecule has 1 aliphatic heterocycles. The van der Waals surface area contributed by atoms with Gasteiger partial charge in [-0.3, -0.25) is 9.69 Å². The Morgan fingerprint density at radius 1 is 1.61 bits per heavy atom. The van der Waals surface area contributed by atoms with Gasteiger partial charge >= 0.3 is 0 Å². The van der Waals surface area contributed by atoms with Crippen LogP contribution in [0.5, 0.6) is 0 Å². The van der Waals surface area contributed by atoms with E-state index in [0.29, 0.717) is 13.1 Å². The quantitative estimate of drug-likeness (QED) is 0.828. The molecule has 5 heteroatoms. The van der Waals surface area contributed by atoms with Crippen LogP contribution in [0.1, 0.15) is 30.9 Å². The van der Waals surface area contributed by atoms with Crippen molar-refractivity contribution in [1.29, 1.82) is 0 Å². The number of primary amides is 1. The van der Waals surface area contributed by atoms with E-state index in [2.05, 4.69) is 4.90 Å². The third-order valence-electron chi connectivity index (χ3n) is 3.85. The zero-order chi connectivity index (χ0) is 13.3. The van der Waals surface area contributed by atoms with Crippen molar-refractivity contribution < 1.29 is 9.21 Å². The van der Waals surface area contributed by atoms with Crippen molar-refractivity contribution in [2.45, 2.75) is 26.3 Å². The van der Waals surface area contributed by atoms with Crippen molar-refractivity contribution in [1.82, 2.24) is 4.90 Å². The van der Waals surface area contributed by atoms with Gasteiger partial charge in [0.2, 0.25) is 5.91 Å². The minimum absolute atomic E-state index is 0.0277. The maximum atomic E-state index is 11.5. The molecule has 1 aromatic heterocycles. The molecule has 5 nitrogen and oxygen atoms in total. The predicted octanol–water partition coefficient (Wildman–Crippen LogP) is 0.785. The standard InChI is InChI=1S/C13H21N3O2/c1-9-3-4-11(18-9)10(7-14)16-6-5-13(2,8-16)12(15)17/h3-4,10H,5-8,14H2,1-2H3,(H2,15,17). The minimum Gasteiger partial charge on any atom is -0.465 e. The summed E-state index contributed by atoms with van der Waals surface area (Å²) < 4.78 is 5.64. The van der Waals surface area contributed by atoms with E-state index >= 15 is 0 Å². The largest absolute Gasteiger partial charge is 0.465 e. The van der Waals surface area contributed by atoms with Crippen molar-refractivity contribution in [3.8, 4) is 0 Å². The number of furan rings is 1. The summed E-state index contributed by atoms with van der Waals surface area (Å²) in [5.74, 6) is 1.50. The molecule has 2 rings (SSSR count). The maximum absolute atomic E-state index is 11.5. The van der Waals surface area contributed by atoms with Gasteiger partial charge in [0.1, 0.15) is 11.5 Å². The molecule has 0 aromatic carbocycles. The number of amides is 1. The van der Waals surface area contributed by atoms with Crippen molar-refractivity contribution in [2.24, 2.45) is 16.9 Å². The molecule has 2 atom stereocenters. The number of hydrogen-bond acceptors (Lipinski definition) is 4. The Morgan fingerprint density at radius 3 is 2.78 bits per heavy atom. The number of aryl methyl sites for hydroxylation is 1. The zero-order valence-corrected chi connectivity index (χ0v) is 11.0. The molecule has 0 spiro atoms. The van der Waals surface area contributed by atoms with Crippen LogP contribution in [0.15, 0.2) is 16.5 Å². The van der Waals surface area contributed by atoms with Crippen molar-refractivity contribution in [2.75, 3.05) is 19.6 Å². The van der Waals surface area contributed by atoms with Crippen LogP contribution in [0.2, 0.25) is 0 Å². The van der Waals surface area contributed by atoms with Crippen LogP contribution < -0.4 is 11.5 Å². The van der Waals surface area contributed by atoms with Gasteiger partial charge in [-0.25, -0.2) is 0 Å². The summed E-state index contributed by atoms with van der Waals surface area (Å²) in [6, 6.07) is 3.91. The second-order valence-electron chi connectivity index (χ2n) is 5.35. The number of nitrogens with zero attached hydrogens (tertiary/aromatic N) is 1. The van der Waals surface area contributed by atoms with E-state index in [9.17, 15) is 4.79 Å². The fraction of sp³-hybridized carbons (Fsp3) is 0.615. The lowest BCUT2D eigenvalue weighted by Crippen LogP contribution is -2.39. The van der Waals surface area contributed by atoms with Crippen molar-refractivity contribution >= 4 is 5.91 Å². The number of hydrogen-bond donors (Lipinski definition) is 2. The Balaban J connectivity index is 2.14. The smallest absolute Gasteiger partial charge is 0.224 e.